The summed E-state index contributed by atoms with van der Waals surface area (Å²) in [4.78, 5) is -0.553. The monoisotopic (exact) mass is 541 g/mol. The molecule has 3 rings (SSSR count). The average molecular weight is 542 g/mol. The molecule has 36 heavy (non-hydrogen) atoms. The maximum atomic E-state index is 14.3. The predicted molar refractivity (Wildman–Crippen MR) is 134 cm³/mol. The standard InChI is InChI=1S/C26H24ClF4NO3S/c1-3-4-13-32(36(34,35)20-8-5-7-19(16-20)26(29,30)31)23-15-18(11-12-24(23)33)14-17(2)25-21(27)9-6-10-22(25)28/h5-12,14-16,33H,3-4,13H2,1-2H3/b17-14+. The summed E-state index contributed by atoms with van der Waals surface area (Å²) in [5.41, 5.74) is -0.150. The van der Waals surface area contributed by atoms with Gasteiger partial charge in [0.15, 0.2) is 0 Å². The van der Waals surface area contributed by atoms with Gasteiger partial charge in [0.05, 0.1) is 21.2 Å². The van der Waals surface area contributed by atoms with Crippen LogP contribution >= 0.6 is 11.6 Å². The van der Waals surface area contributed by atoms with Gasteiger partial charge in [-0.25, -0.2) is 12.8 Å². The fourth-order valence-corrected chi connectivity index (χ4v) is 5.53. The van der Waals surface area contributed by atoms with Crippen molar-refractivity contribution in [1.82, 2.24) is 0 Å². The fraction of sp³-hybridized carbons (Fsp3) is 0.231. The van der Waals surface area contributed by atoms with Crippen LogP contribution in [0.15, 0.2) is 65.6 Å². The molecule has 0 amide bonds. The van der Waals surface area contributed by atoms with E-state index in [1.165, 1.54) is 36.4 Å². The molecule has 0 fully saturated rings. The molecule has 0 aliphatic rings. The second-order valence-electron chi connectivity index (χ2n) is 8.13. The summed E-state index contributed by atoms with van der Waals surface area (Å²) in [5.74, 6) is -0.910. The van der Waals surface area contributed by atoms with Gasteiger partial charge in [0.1, 0.15) is 11.6 Å². The van der Waals surface area contributed by atoms with Crippen molar-refractivity contribution >= 4 is 39.0 Å². The van der Waals surface area contributed by atoms with Crippen LogP contribution in [0.2, 0.25) is 5.02 Å². The Kier molecular flexibility index (Phi) is 8.36. The summed E-state index contributed by atoms with van der Waals surface area (Å²) < 4.78 is 81.9. The van der Waals surface area contributed by atoms with E-state index in [0.29, 0.717) is 30.0 Å². The number of sulfonamides is 1. The van der Waals surface area contributed by atoms with Gasteiger partial charge in [0.2, 0.25) is 0 Å². The lowest BCUT2D eigenvalue weighted by atomic mass is 10.0. The molecule has 192 valence electrons. The quantitative estimate of drug-likeness (QED) is 0.234. The number of allylic oxidation sites excluding steroid dienone is 1. The van der Waals surface area contributed by atoms with Gasteiger partial charge in [-0.2, -0.15) is 13.2 Å². The summed E-state index contributed by atoms with van der Waals surface area (Å²) in [7, 11) is -4.47. The van der Waals surface area contributed by atoms with E-state index in [1.54, 1.807) is 13.0 Å². The lowest BCUT2D eigenvalue weighted by Gasteiger charge is -2.26. The zero-order valence-corrected chi connectivity index (χ0v) is 21.1. The van der Waals surface area contributed by atoms with Gasteiger partial charge in [-0.1, -0.05) is 49.2 Å². The number of phenols is 1. The number of rotatable bonds is 8. The topological polar surface area (TPSA) is 57.6 Å². The van der Waals surface area contributed by atoms with Crippen LogP contribution in [0.3, 0.4) is 0 Å². The SMILES string of the molecule is CCCCN(c1cc(/C=C(\C)c2c(F)cccc2Cl)ccc1O)S(=O)(=O)c1cccc(C(F)(F)F)c1. The minimum Gasteiger partial charge on any atom is -0.506 e. The average Bonchev–Trinajstić information content (AvgIpc) is 2.80. The highest BCUT2D eigenvalue weighted by Gasteiger charge is 2.33. The van der Waals surface area contributed by atoms with Gasteiger partial charge >= 0.3 is 6.18 Å². The first-order chi connectivity index (χ1) is 16.9. The van der Waals surface area contributed by atoms with Crippen molar-refractivity contribution in [3.8, 4) is 5.75 Å². The molecule has 3 aromatic carbocycles. The molecule has 0 aromatic heterocycles. The molecular weight excluding hydrogens is 518 g/mol. The van der Waals surface area contributed by atoms with Crippen LogP contribution in [0.25, 0.3) is 11.6 Å². The second kappa shape index (κ2) is 10.9. The van der Waals surface area contributed by atoms with Gasteiger partial charge < -0.3 is 5.11 Å². The normalized spacial score (nSPS) is 12.6. The first kappa shape index (κ1) is 27.5. The van der Waals surface area contributed by atoms with E-state index < -0.39 is 32.5 Å². The summed E-state index contributed by atoms with van der Waals surface area (Å²) in [6, 6.07) is 11.9. The number of halogens is 5. The van der Waals surface area contributed by atoms with Crippen molar-refractivity contribution in [3.63, 3.8) is 0 Å². The number of phenolic OH excluding ortho intramolecular Hbond substituents is 1. The van der Waals surface area contributed by atoms with E-state index in [9.17, 15) is 31.1 Å². The Morgan fingerprint density at radius 2 is 1.78 bits per heavy atom. The van der Waals surface area contributed by atoms with Gasteiger partial charge in [-0.3, -0.25) is 4.31 Å². The summed E-state index contributed by atoms with van der Waals surface area (Å²) in [6.07, 6.45) is -2.16. The van der Waals surface area contributed by atoms with Crippen molar-refractivity contribution in [2.45, 2.75) is 37.8 Å². The Hall–Kier alpha value is -3.04. The van der Waals surface area contributed by atoms with E-state index >= 15 is 0 Å². The zero-order valence-electron chi connectivity index (χ0n) is 19.5. The molecule has 1 N–H and O–H groups in total. The smallest absolute Gasteiger partial charge is 0.416 e. The fourth-order valence-electron chi connectivity index (χ4n) is 3.66. The first-order valence-electron chi connectivity index (χ1n) is 11.0. The number of nitrogens with zero attached hydrogens (tertiary/aromatic N) is 1. The lowest BCUT2D eigenvalue weighted by molar-refractivity contribution is -0.137. The van der Waals surface area contributed by atoms with E-state index in [-0.39, 0.29) is 28.6 Å². The van der Waals surface area contributed by atoms with E-state index in [2.05, 4.69) is 0 Å². The van der Waals surface area contributed by atoms with Crippen molar-refractivity contribution in [1.29, 1.82) is 0 Å². The van der Waals surface area contributed by atoms with Crippen LogP contribution in [-0.4, -0.2) is 20.1 Å². The number of anilines is 1. The minimum absolute atomic E-state index is 0.0755. The molecule has 0 spiro atoms. The number of hydrogen-bond acceptors (Lipinski definition) is 3. The van der Waals surface area contributed by atoms with E-state index in [4.69, 9.17) is 11.6 Å². The Morgan fingerprint density at radius 3 is 2.42 bits per heavy atom. The summed E-state index contributed by atoms with van der Waals surface area (Å²) >= 11 is 6.14. The molecule has 0 heterocycles. The zero-order chi connectivity index (χ0) is 26.7. The third kappa shape index (κ3) is 6.02. The molecule has 3 aromatic rings. The highest BCUT2D eigenvalue weighted by molar-refractivity contribution is 7.92. The van der Waals surface area contributed by atoms with Crippen molar-refractivity contribution in [3.05, 3.63) is 88.2 Å². The van der Waals surface area contributed by atoms with Gasteiger partial charge in [0.25, 0.3) is 10.0 Å². The number of alkyl halides is 3. The Labute approximate surface area is 212 Å². The first-order valence-corrected chi connectivity index (χ1v) is 12.8. The van der Waals surface area contributed by atoms with Crippen molar-refractivity contribution < 1.29 is 31.1 Å². The molecule has 0 saturated carbocycles. The molecular formula is C26H24ClF4NO3S. The molecule has 10 heteroatoms. The number of benzene rings is 3. The van der Waals surface area contributed by atoms with Gasteiger partial charge in [0, 0.05) is 12.1 Å². The molecule has 4 nitrogen and oxygen atoms in total. The minimum atomic E-state index is -4.72. The number of hydrogen-bond donors (Lipinski definition) is 1. The lowest BCUT2D eigenvalue weighted by Crippen LogP contribution is -2.32. The molecule has 0 radical (unpaired) electrons. The Balaban J connectivity index is 2.12. The summed E-state index contributed by atoms with van der Waals surface area (Å²) in [5, 5.41) is 10.7. The maximum absolute atomic E-state index is 14.3. The number of unbranched alkanes of at least 4 members (excludes halogenated alkanes) is 1. The molecule has 0 saturated heterocycles. The maximum Gasteiger partial charge on any atom is 0.416 e. The Bertz CT molecular complexity index is 1370. The van der Waals surface area contributed by atoms with Crippen LogP contribution in [0.5, 0.6) is 5.75 Å². The van der Waals surface area contributed by atoms with Crippen LogP contribution in [0, 0.1) is 5.82 Å². The van der Waals surface area contributed by atoms with Crippen molar-refractivity contribution in [2.75, 3.05) is 10.8 Å². The summed E-state index contributed by atoms with van der Waals surface area (Å²) in [6.45, 7) is 3.38. The van der Waals surface area contributed by atoms with Crippen LogP contribution in [0.1, 0.15) is 43.4 Å². The molecule has 0 atom stereocenters. The third-order valence-corrected chi connectivity index (χ3v) is 7.60. The largest absolute Gasteiger partial charge is 0.506 e. The van der Waals surface area contributed by atoms with Gasteiger partial charge in [-0.15, -0.1) is 0 Å². The highest BCUT2D eigenvalue weighted by atomic mass is 35.5. The third-order valence-electron chi connectivity index (χ3n) is 5.47. The Morgan fingerprint density at radius 1 is 1.08 bits per heavy atom. The van der Waals surface area contributed by atoms with Crippen LogP contribution in [-0.2, 0) is 16.2 Å². The van der Waals surface area contributed by atoms with E-state index in [0.717, 1.165) is 22.5 Å². The molecule has 0 bridgehead atoms. The second-order valence-corrected chi connectivity index (χ2v) is 10.4. The van der Waals surface area contributed by atoms with Crippen LogP contribution < -0.4 is 4.31 Å². The van der Waals surface area contributed by atoms with Crippen LogP contribution in [0.4, 0.5) is 23.2 Å². The van der Waals surface area contributed by atoms with E-state index in [1.807, 2.05) is 6.92 Å². The molecule has 0 aliphatic heterocycles. The van der Waals surface area contributed by atoms with Gasteiger partial charge in [-0.05, 0) is 66.9 Å². The van der Waals surface area contributed by atoms with Crippen molar-refractivity contribution in [2.24, 2.45) is 0 Å². The molecule has 0 aliphatic carbocycles. The molecule has 0 unspecified atom stereocenters. The number of aromatic hydroxyl groups is 1. The highest BCUT2D eigenvalue weighted by Crippen LogP contribution is 2.36. The predicted octanol–water partition coefficient (Wildman–Crippen LogP) is 7.76.